The number of anilines is 2. The highest BCUT2D eigenvalue weighted by Crippen LogP contribution is 2.33. The van der Waals surface area contributed by atoms with Crippen molar-refractivity contribution in [2.45, 2.75) is 63.2 Å². The fourth-order valence-corrected chi connectivity index (χ4v) is 11.4. The van der Waals surface area contributed by atoms with Crippen LogP contribution in [-0.4, -0.2) is 81.9 Å². The maximum atomic E-state index is 12.5. The second-order valence-electron chi connectivity index (χ2n) is 14.3. The molecule has 0 bridgehead atoms. The second kappa shape index (κ2) is 18.2. The average molecular weight is 907 g/mol. The number of phenolic OH excluding ortho intramolecular Hbond substituents is 2. The molecule has 60 heavy (non-hydrogen) atoms. The third kappa shape index (κ3) is 11.3. The lowest BCUT2D eigenvalue weighted by Crippen LogP contribution is -2.29. The SMILES string of the molecule is Cc1cc(C)cc(S(=O)(=O)NCCCc2ccc(N3CC(=O)NS3(=O)=O)c(O)c2)c1.Cc1ccc(C)c(S(=O)(=O)NCCCc2ccc(N3CC(=O)NS3(=O)=O)c(O)c2)c1. The molecular formula is C38H46N6O12S4. The summed E-state index contributed by atoms with van der Waals surface area (Å²) in [5.41, 5.74) is 4.67. The third-order valence-electron chi connectivity index (χ3n) is 9.26. The van der Waals surface area contributed by atoms with Crippen molar-refractivity contribution in [2.24, 2.45) is 0 Å². The van der Waals surface area contributed by atoms with E-state index in [4.69, 9.17) is 0 Å². The molecule has 324 valence electrons. The molecule has 0 aromatic heterocycles. The van der Waals surface area contributed by atoms with Gasteiger partial charge in [-0.05, 0) is 129 Å². The van der Waals surface area contributed by atoms with Crippen molar-refractivity contribution in [3.8, 4) is 11.5 Å². The van der Waals surface area contributed by atoms with Crippen LogP contribution in [0.25, 0.3) is 0 Å². The first-order chi connectivity index (χ1) is 28.0. The normalized spacial score (nSPS) is 15.9. The zero-order valence-corrected chi connectivity index (χ0v) is 36.4. The number of phenols is 2. The number of rotatable bonds is 14. The summed E-state index contributed by atoms with van der Waals surface area (Å²) in [7, 11) is -15.2. The van der Waals surface area contributed by atoms with Crippen LogP contribution >= 0.6 is 0 Å². The first-order valence-corrected chi connectivity index (χ1v) is 24.3. The molecule has 2 aliphatic rings. The number of hydrogen-bond acceptors (Lipinski definition) is 12. The summed E-state index contributed by atoms with van der Waals surface area (Å²) in [5.74, 6) is -1.89. The van der Waals surface area contributed by atoms with Gasteiger partial charge >= 0.3 is 20.4 Å². The lowest BCUT2D eigenvalue weighted by molar-refractivity contribution is -0.118. The molecule has 6 N–H and O–H groups in total. The Morgan fingerprint density at radius 2 is 1.05 bits per heavy atom. The molecule has 6 rings (SSSR count). The molecule has 22 heteroatoms. The summed E-state index contributed by atoms with van der Waals surface area (Å²) < 4.78 is 108. The van der Waals surface area contributed by atoms with Crippen molar-refractivity contribution in [2.75, 3.05) is 34.8 Å². The van der Waals surface area contributed by atoms with E-state index >= 15 is 0 Å². The average Bonchev–Trinajstić information content (AvgIpc) is 3.58. The zero-order valence-electron chi connectivity index (χ0n) is 33.1. The van der Waals surface area contributed by atoms with Gasteiger partial charge in [0.05, 0.1) is 21.2 Å². The van der Waals surface area contributed by atoms with Crippen LogP contribution in [0, 0.1) is 27.7 Å². The maximum absolute atomic E-state index is 12.5. The van der Waals surface area contributed by atoms with Gasteiger partial charge in [0, 0.05) is 13.1 Å². The van der Waals surface area contributed by atoms with E-state index in [2.05, 4.69) is 9.44 Å². The van der Waals surface area contributed by atoms with Crippen molar-refractivity contribution >= 4 is 63.7 Å². The third-order valence-corrected chi connectivity index (χ3v) is 15.1. The number of carbonyl (C=O) groups is 2. The molecule has 0 atom stereocenters. The lowest BCUT2D eigenvalue weighted by atomic mass is 10.1. The van der Waals surface area contributed by atoms with Crippen molar-refractivity contribution < 1.29 is 53.5 Å². The van der Waals surface area contributed by atoms with E-state index < -0.39 is 65.4 Å². The predicted octanol–water partition coefficient (Wildman–Crippen LogP) is 2.20. The molecule has 0 saturated carbocycles. The minimum atomic E-state index is -4.00. The van der Waals surface area contributed by atoms with Crippen LogP contribution in [0.5, 0.6) is 11.5 Å². The Hall–Kier alpha value is -5.26. The fourth-order valence-electron chi connectivity index (χ4n) is 6.44. The van der Waals surface area contributed by atoms with E-state index in [0.29, 0.717) is 42.4 Å². The van der Waals surface area contributed by atoms with Gasteiger partial charge in [0.2, 0.25) is 20.0 Å². The summed E-state index contributed by atoms with van der Waals surface area (Å²) in [4.78, 5) is 23.2. The van der Waals surface area contributed by atoms with Gasteiger partial charge in [-0.2, -0.15) is 16.8 Å². The van der Waals surface area contributed by atoms with Gasteiger partial charge in [0.1, 0.15) is 24.6 Å². The number of benzene rings is 4. The van der Waals surface area contributed by atoms with E-state index in [1.54, 1.807) is 43.3 Å². The van der Waals surface area contributed by atoms with Gasteiger partial charge in [-0.1, -0.05) is 30.3 Å². The Morgan fingerprint density at radius 1 is 0.600 bits per heavy atom. The first-order valence-electron chi connectivity index (χ1n) is 18.4. The smallest absolute Gasteiger partial charge is 0.326 e. The number of aryl methyl sites for hydroxylation is 6. The molecule has 0 spiro atoms. The van der Waals surface area contributed by atoms with Gasteiger partial charge in [0.15, 0.2) is 0 Å². The summed E-state index contributed by atoms with van der Waals surface area (Å²) >= 11 is 0. The van der Waals surface area contributed by atoms with Gasteiger partial charge in [-0.3, -0.25) is 9.59 Å². The van der Waals surface area contributed by atoms with Crippen molar-refractivity contribution in [1.29, 1.82) is 0 Å². The van der Waals surface area contributed by atoms with Crippen LogP contribution < -0.4 is 27.5 Å². The highest BCUT2D eigenvalue weighted by Gasteiger charge is 2.36. The Balaban J connectivity index is 0.000000228. The molecule has 4 aromatic carbocycles. The molecular weight excluding hydrogens is 861 g/mol. The van der Waals surface area contributed by atoms with Gasteiger partial charge < -0.3 is 10.2 Å². The van der Waals surface area contributed by atoms with Crippen molar-refractivity contribution in [1.82, 2.24) is 18.9 Å². The first kappa shape index (κ1) is 45.8. The number of aromatic hydroxyl groups is 2. The Morgan fingerprint density at radius 3 is 1.47 bits per heavy atom. The molecule has 0 unspecified atom stereocenters. The largest absolute Gasteiger partial charge is 0.506 e. The summed E-state index contributed by atoms with van der Waals surface area (Å²) in [5, 5.41) is 20.4. The lowest BCUT2D eigenvalue weighted by Gasteiger charge is -2.16. The molecule has 2 amide bonds. The minimum absolute atomic E-state index is 0.00706. The topological polar surface area (TPSA) is 266 Å². The zero-order chi connectivity index (χ0) is 44.2. The Bertz CT molecular complexity index is 2740. The summed E-state index contributed by atoms with van der Waals surface area (Å²) in [6, 6.07) is 19.3. The van der Waals surface area contributed by atoms with Crippen LogP contribution in [0.3, 0.4) is 0 Å². The highest BCUT2D eigenvalue weighted by molar-refractivity contribution is 7.92. The van der Waals surface area contributed by atoms with Gasteiger partial charge in [-0.15, -0.1) is 0 Å². The van der Waals surface area contributed by atoms with Gasteiger partial charge in [0.25, 0.3) is 11.8 Å². The highest BCUT2D eigenvalue weighted by atomic mass is 32.2. The van der Waals surface area contributed by atoms with Crippen molar-refractivity contribution in [3.05, 3.63) is 106 Å². The number of carbonyl (C=O) groups excluding carboxylic acids is 2. The molecule has 2 heterocycles. The molecule has 18 nitrogen and oxygen atoms in total. The molecule has 0 radical (unpaired) electrons. The molecule has 0 aliphatic carbocycles. The van der Waals surface area contributed by atoms with Crippen LogP contribution in [-0.2, 0) is 62.9 Å². The van der Waals surface area contributed by atoms with Crippen LogP contribution in [0.2, 0.25) is 0 Å². The molecule has 2 saturated heterocycles. The van der Waals surface area contributed by atoms with E-state index in [-0.39, 0.29) is 45.8 Å². The molecule has 2 fully saturated rings. The second-order valence-corrected chi connectivity index (χ2v) is 21.0. The fraction of sp³-hybridized carbons (Fsp3) is 0.316. The standard InChI is InChI=1S/2C19H23N3O6S2/c1-13-5-6-14(2)18(10-13)29(25,26)20-9-3-4-15-7-8-16(17(23)11-15)22-12-19(24)21-30(22,27)28;1-13-8-14(2)10-16(9-13)29(25,26)20-7-3-4-15-5-6-17(18(23)11-15)22-12-19(24)21-30(22,27)28/h5-8,10-11,20,23H,3-4,9,12H2,1-2H3,(H,21,24);5-6,8-11,20,23H,3-4,7,12H2,1-2H3,(H,21,24). The quantitative estimate of drug-likeness (QED) is 0.0996. The molecule has 2 aliphatic heterocycles. The van der Waals surface area contributed by atoms with E-state index in [0.717, 1.165) is 25.3 Å². The monoisotopic (exact) mass is 906 g/mol. The summed E-state index contributed by atoms with van der Waals surface area (Å²) in [6.45, 7) is 6.86. The number of nitrogens with one attached hydrogen (secondary N) is 4. The van der Waals surface area contributed by atoms with Crippen LogP contribution in [0.15, 0.2) is 82.6 Å². The minimum Gasteiger partial charge on any atom is -0.506 e. The van der Waals surface area contributed by atoms with Crippen LogP contribution in [0.4, 0.5) is 11.4 Å². The van der Waals surface area contributed by atoms with Gasteiger partial charge in [-0.25, -0.2) is 44.3 Å². The van der Waals surface area contributed by atoms with E-state index in [1.807, 2.05) is 42.3 Å². The Kier molecular flexibility index (Phi) is 13.9. The number of nitrogens with zero attached hydrogens (tertiary/aromatic N) is 2. The van der Waals surface area contributed by atoms with E-state index in [9.17, 15) is 53.5 Å². The number of hydrogen-bond donors (Lipinski definition) is 6. The predicted molar refractivity (Wildman–Crippen MR) is 224 cm³/mol. The van der Waals surface area contributed by atoms with Crippen LogP contribution in [0.1, 0.15) is 46.2 Å². The Labute approximate surface area is 350 Å². The maximum Gasteiger partial charge on any atom is 0.326 e. The number of amides is 2. The van der Waals surface area contributed by atoms with Crippen molar-refractivity contribution in [3.63, 3.8) is 0 Å². The number of sulfonamides is 2. The van der Waals surface area contributed by atoms with E-state index in [1.165, 1.54) is 24.3 Å². The summed E-state index contributed by atoms with van der Waals surface area (Å²) in [6.07, 6.45) is 1.88. The molecule has 4 aromatic rings.